The number of hydrogen-bond donors (Lipinski definition) is 2. The van der Waals surface area contributed by atoms with Gasteiger partial charge in [-0.15, -0.1) is 0 Å². The highest BCUT2D eigenvalue weighted by Gasteiger charge is 2.06. The minimum Gasteiger partial charge on any atom is -0.329 e. The van der Waals surface area contributed by atoms with Gasteiger partial charge in [0.05, 0.1) is 5.69 Å². The molecule has 2 heterocycles. The van der Waals surface area contributed by atoms with Crippen LogP contribution in [0, 0.1) is 0 Å². The van der Waals surface area contributed by atoms with Crippen molar-refractivity contribution in [3.8, 4) is 0 Å². The zero-order chi connectivity index (χ0) is 14.2. The van der Waals surface area contributed by atoms with Crippen LogP contribution >= 0.6 is 0 Å². The van der Waals surface area contributed by atoms with Gasteiger partial charge in [0.1, 0.15) is 0 Å². The van der Waals surface area contributed by atoms with Crippen LogP contribution in [0.4, 0.5) is 5.69 Å². The topological polar surface area (TPSA) is 67.5 Å². The van der Waals surface area contributed by atoms with Gasteiger partial charge < -0.3 is 11.1 Å². The summed E-state index contributed by atoms with van der Waals surface area (Å²) in [4.78, 5) is 14.9. The largest absolute Gasteiger partial charge is 0.329 e. The molecule has 0 fully saturated rings. The van der Waals surface area contributed by atoms with Crippen LogP contribution in [0.1, 0.15) is 24.8 Å². The number of amides is 1. The molecule has 104 valence electrons. The molecule has 20 heavy (non-hydrogen) atoms. The van der Waals surface area contributed by atoms with Crippen molar-refractivity contribution < 1.29 is 4.79 Å². The van der Waals surface area contributed by atoms with Gasteiger partial charge in [-0.25, -0.2) is 0 Å². The van der Waals surface area contributed by atoms with Crippen LogP contribution in [-0.2, 0) is 4.79 Å². The maximum atomic E-state index is 10.6. The van der Waals surface area contributed by atoms with E-state index in [1.807, 2.05) is 30.5 Å². The number of carbonyl (C=O) groups excluding carboxylic acids is 1. The van der Waals surface area contributed by atoms with E-state index in [4.69, 9.17) is 5.73 Å². The lowest BCUT2D eigenvalue weighted by molar-refractivity contribution is -0.120. The van der Waals surface area contributed by atoms with Gasteiger partial charge in [0.25, 0.3) is 0 Å². The van der Waals surface area contributed by atoms with Crippen molar-refractivity contribution in [2.75, 3.05) is 6.54 Å². The summed E-state index contributed by atoms with van der Waals surface area (Å²) in [5, 5.41) is 2.66. The first-order valence-corrected chi connectivity index (χ1v) is 6.76. The second-order valence-corrected chi connectivity index (χ2v) is 4.53. The van der Waals surface area contributed by atoms with Crippen LogP contribution < -0.4 is 11.1 Å². The molecule has 2 aliphatic rings. The van der Waals surface area contributed by atoms with E-state index in [0.29, 0.717) is 13.0 Å². The number of nitrogens with one attached hydrogen (secondary N) is 1. The summed E-state index contributed by atoms with van der Waals surface area (Å²) in [6.45, 7) is 0.436. The van der Waals surface area contributed by atoms with Crippen molar-refractivity contribution in [1.82, 2.24) is 5.32 Å². The fourth-order valence-electron chi connectivity index (χ4n) is 1.96. The van der Waals surface area contributed by atoms with Gasteiger partial charge in [0.2, 0.25) is 5.91 Å². The maximum absolute atomic E-state index is 10.6. The molecule has 0 saturated heterocycles. The Labute approximate surface area is 119 Å². The fourth-order valence-corrected chi connectivity index (χ4v) is 1.96. The normalized spacial score (nSPS) is 16.2. The van der Waals surface area contributed by atoms with Crippen LogP contribution in [-0.4, -0.2) is 18.7 Å². The second kappa shape index (κ2) is 7.40. The van der Waals surface area contributed by atoms with Gasteiger partial charge in [-0.1, -0.05) is 36.4 Å². The van der Waals surface area contributed by atoms with Gasteiger partial charge in [-0.3, -0.25) is 9.79 Å². The minimum atomic E-state index is 0.0814. The van der Waals surface area contributed by atoms with Gasteiger partial charge in [-0.05, 0) is 18.1 Å². The van der Waals surface area contributed by atoms with Crippen molar-refractivity contribution in [1.29, 1.82) is 0 Å². The van der Waals surface area contributed by atoms with Crippen molar-refractivity contribution in [3.63, 3.8) is 0 Å². The quantitative estimate of drug-likeness (QED) is 0.822. The molecule has 1 aromatic carbocycles. The summed E-state index contributed by atoms with van der Waals surface area (Å²) in [6.07, 6.45) is 10.5. The minimum absolute atomic E-state index is 0.0814. The Morgan fingerprint density at radius 3 is 2.90 bits per heavy atom. The Hall–Kier alpha value is -2.20. The predicted molar refractivity (Wildman–Crippen MR) is 82.8 cm³/mol. The van der Waals surface area contributed by atoms with Crippen molar-refractivity contribution >= 4 is 23.9 Å². The second-order valence-electron chi connectivity index (χ2n) is 4.53. The smallest absolute Gasteiger partial charge is 0.224 e. The summed E-state index contributed by atoms with van der Waals surface area (Å²) in [5.41, 5.74) is 8.42. The highest BCUT2D eigenvalue weighted by molar-refractivity contribution is 5.79. The average molecular weight is 269 g/mol. The lowest BCUT2D eigenvalue weighted by atomic mass is 10.2. The number of rotatable bonds is 1. The molecule has 0 aliphatic carbocycles. The standard InChI is InChI=1S/C10H9N.C6H10N2O/c1-2-7-10-9(5-1)6-3-4-8-11-10;7-4-5-2-1-3-6(9)8-5/h1-3,5-8H,4H2;2H,1,3-4,7H2,(H,8,9). The molecule has 0 spiro atoms. The zero-order valence-electron chi connectivity index (χ0n) is 11.4. The Balaban J connectivity index is 0.000000151. The lowest BCUT2D eigenvalue weighted by Crippen LogP contribution is -2.29. The number of carbonyl (C=O) groups is 1. The SMILES string of the molecule is C1=Cc2ccccc2N=CC1.NCC1=CCCC(=O)N1. The van der Waals surface area contributed by atoms with E-state index in [9.17, 15) is 4.79 Å². The molecule has 4 nitrogen and oxygen atoms in total. The third-order valence-corrected chi connectivity index (χ3v) is 2.99. The van der Waals surface area contributed by atoms with Gasteiger partial charge >= 0.3 is 0 Å². The number of aliphatic imine (C=N–C) groups is 1. The fraction of sp³-hybridized carbons (Fsp3) is 0.250. The molecule has 0 bridgehead atoms. The number of allylic oxidation sites excluding steroid dienone is 2. The zero-order valence-corrected chi connectivity index (χ0v) is 11.4. The Bertz CT molecular complexity index is 528. The Morgan fingerprint density at radius 2 is 2.15 bits per heavy atom. The number of para-hydroxylation sites is 1. The first-order valence-electron chi connectivity index (χ1n) is 6.76. The monoisotopic (exact) mass is 269 g/mol. The van der Waals surface area contributed by atoms with Crippen molar-refractivity contribution in [2.45, 2.75) is 19.3 Å². The molecular formula is C16H19N3O. The lowest BCUT2D eigenvalue weighted by Gasteiger charge is -2.11. The van der Waals surface area contributed by atoms with E-state index in [1.54, 1.807) is 0 Å². The van der Waals surface area contributed by atoms with Crippen LogP contribution in [0.2, 0.25) is 0 Å². The van der Waals surface area contributed by atoms with Crippen LogP contribution in [0.25, 0.3) is 6.08 Å². The predicted octanol–water partition coefficient (Wildman–Crippen LogP) is 2.54. The number of fused-ring (bicyclic) bond motifs is 1. The molecule has 1 amide bonds. The summed E-state index contributed by atoms with van der Waals surface area (Å²) in [7, 11) is 0. The highest BCUT2D eigenvalue weighted by atomic mass is 16.1. The van der Waals surface area contributed by atoms with E-state index in [-0.39, 0.29) is 5.91 Å². The molecule has 3 rings (SSSR count). The summed E-state index contributed by atoms with van der Waals surface area (Å²) >= 11 is 0. The highest BCUT2D eigenvalue weighted by Crippen LogP contribution is 2.21. The van der Waals surface area contributed by atoms with Crippen LogP contribution in [0.5, 0.6) is 0 Å². The van der Waals surface area contributed by atoms with E-state index in [2.05, 4.69) is 28.5 Å². The molecule has 0 radical (unpaired) electrons. The molecule has 0 saturated carbocycles. The van der Waals surface area contributed by atoms with E-state index in [1.165, 1.54) is 5.56 Å². The first kappa shape index (κ1) is 14.2. The van der Waals surface area contributed by atoms with E-state index in [0.717, 1.165) is 24.2 Å². The molecule has 0 unspecified atom stereocenters. The first-order chi connectivity index (χ1) is 9.79. The van der Waals surface area contributed by atoms with Gasteiger partial charge in [0, 0.05) is 31.3 Å². The molecular weight excluding hydrogens is 250 g/mol. The third kappa shape index (κ3) is 4.17. The third-order valence-electron chi connectivity index (χ3n) is 2.99. The molecule has 0 atom stereocenters. The van der Waals surface area contributed by atoms with Gasteiger partial charge in [-0.2, -0.15) is 0 Å². The maximum Gasteiger partial charge on any atom is 0.224 e. The molecule has 2 aliphatic heterocycles. The van der Waals surface area contributed by atoms with E-state index >= 15 is 0 Å². The van der Waals surface area contributed by atoms with Crippen LogP contribution in [0.3, 0.4) is 0 Å². The summed E-state index contributed by atoms with van der Waals surface area (Å²) in [5.74, 6) is 0.0814. The summed E-state index contributed by atoms with van der Waals surface area (Å²) < 4.78 is 0. The Kier molecular flexibility index (Phi) is 5.26. The molecule has 0 aromatic heterocycles. The molecule has 1 aromatic rings. The number of nitrogens with two attached hydrogens (primary N) is 1. The number of nitrogens with zero attached hydrogens (tertiary/aromatic N) is 1. The van der Waals surface area contributed by atoms with Crippen molar-refractivity contribution in [3.05, 3.63) is 47.7 Å². The van der Waals surface area contributed by atoms with Gasteiger partial charge in [0.15, 0.2) is 0 Å². The average Bonchev–Trinajstić information content (AvgIpc) is 2.73. The van der Waals surface area contributed by atoms with Crippen molar-refractivity contribution in [2.24, 2.45) is 10.7 Å². The number of hydrogen-bond acceptors (Lipinski definition) is 3. The number of benzene rings is 1. The van der Waals surface area contributed by atoms with E-state index < -0.39 is 0 Å². The molecule has 4 heteroatoms. The summed E-state index contributed by atoms with van der Waals surface area (Å²) in [6, 6.07) is 8.15. The Morgan fingerprint density at radius 1 is 1.30 bits per heavy atom. The van der Waals surface area contributed by atoms with Crippen LogP contribution in [0.15, 0.2) is 47.1 Å². The molecule has 3 N–H and O–H groups in total.